The summed E-state index contributed by atoms with van der Waals surface area (Å²) in [5.74, 6) is 1.37. The second-order valence-corrected chi connectivity index (χ2v) is 2.22. The number of hydrogen-bond donors (Lipinski definition) is 2. The van der Waals surface area contributed by atoms with Gasteiger partial charge < -0.3 is 15.9 Å². The standard InChI is InChI=1S/C7H10N4O/c1-5-2-3-6(12-5)4-10-11-7(8)9/h2-4H,1H3,(H4,8,9,11). The molecule has 0 fully saturated rings. The topological polar surface area (TPSA) is 89.9 Å². The number of furan rings is 1. The Kier molecular flexibility index (Phi) is 2.47. The maximum Gasteiger partial charge on any atom is 0.211 e. The SMILES string of the molecule is Cc1ccc(C=NN=C(N)N)o1. The van der Waals surface area contributed by atoms with Gasteiger partial charge in [-0.25, -0.2) is 0 Å². The van der Waals surface area contributed by atoms with Gasteiger partial charge in [-0.3, -0.25) is 0 Å². The van der Waals surface area contributed by atoms with Gasteiger partial charge >= 0.3 is 0 Å². The van der Waals surface area contributed by atoms with Crippen LogP contribution in [0.4, 0.5) is 0 Å². The van der Waals surface area contributed by atoms with Crippen molar-refractivity contribution in [2.75, 3.05) is 0 Å². The molecule has 4 N–H and O–H groups in total. The van der Waals surface area contributed by atoms with Crippen molar-refractivity contribution < 1.29 is 4.42 Å². The van der Waals surface area contributed by atoms with E-state index in [1.165, 1.54) is 6.21 Å². The Morgan fingerprint density at radius 1 is 1.50 bits per heavy atom. The Labute approximate surface area is 69.8 Å². The summed E-state index contributed by atoms with van der Waals surface area (Å²) in [6, 6.07) is 3.61. The molecule has 0 bridgehead atoms. The summed E-state index contributed by atoms with van der Waals surface area (Å²) in [7, 11) is 0. The lowest BCUT2D eigenvalue weighted by atomic mass is 10.4. The van der Waals surface area contributed by atoms with Gasteiger partial charge in [-0.05, 0) is 19.1 Å². The van der Waals surface area contributed by atoms with E-state index in [-0.39, 0.29) is 5.96 Å². The Balaban J connectivity index is 2.64. The van der Waals surface area contributed by atoms with Gasteiger partial charge in [0.2, 0.25) is 5.96 Å². The first-order chi connectivity index (χ1) is 5.68. The van der Waals surface area contributed by atoms with Gasteiger partial charge in [-0.2, -0.15) is 5.10 Å². The summed E-state index contributed by atoms with van der Waals surface area (Å²) in [6.07, 6.45) is 1.44. The van der Waals surface area contributed by atoms with E-state index in [0.717, 1.165) is 5.76 Å². The summed E-state index contributed by atoms with van der Waals surface area (Å²) in [5.41, 5.74) is 10.1. The van der Waals surface area contributed by atoms with E-state index in [1.807, 2.05) is 13.0 Å². The highest BCUT2D eigenvalue weighted by Crippen LogP contribution is 2.02. The average molecular weight is 166 g/mol. The van der Waals surface area contributed by atoms with Crippen molar-refractivity contribution in [1.82, 2.24) is 0 Å². The smallest absolute Gasteiger partial charge is 0.211 e. The Bertz CT molecular complexity index is 309. The minimum atomic E-state index is -0.0745. The molecule has 0 saturated heterocycles. The van der Waals surface area contributed by atoms with Crippen LogP contribution in [0.25, 0.3) is 0 Å². The lowest BCUT2D eigenvalue weighted by Gasteiger charge is -1.83. The molecule has 0 unspecified atom stereocenters. The highest BCUT2D eigenvalue weighted by atomic mass is 16.3. The second-order valence-electron chi connectivity index (χ2n) is 2.22. The maximum absolute atomic E-state index is 5.17. The van der Waals surface area contributed by atoms with Crippen molar-refractivity contribution in [2.24, 2.45) is 21.7 Å². The van der Waals surface area contributed by atoms with E-state index < -0.39 is 0 Å². The van der Waals surface area contributed by atoms with E-state index in [4.69, 9.17) is 15.9 Å². The summed E-state index contributed by atoms with van der Waals surface area (Å²) in [6.45, 7) is 1.85. The van der Waals surface area contributed by atoms with E-state index in [9.17, 15) is 0 Å². The number of guanidine groups is 1. The number of hydrogen-bond acceptors (Lipinski definition) is 3. The summed E-state index contributed by atoms with van der Waals surface area (Å²) < 4.78 is 5.17. The van der Waals surface area contributed by atoms with Gasteiger partial charge in [-0.1, -0.05) is 0 Å². The molecular weight excluding hydrogens is 156 g/mol. The quantitative estimate of drug-likeness (QED) is 0.373. The van der Waals surface area contributed by atoms with E-state index in [2.05, 4.69) is 10.2 Å². The minimum absolute atomic E-state index is 0.0745. The predicted molar refractivity (Wildman–Crippen MR) is 46.8 cm³/mol. The van der Waals surface area contributed by atoms with Crippen molar-refractivity contribution in [3.63, 3.8) is 0 Å². The molecule has 1 heterocycles. The molecule has 64 valence electrons. The molecule has 0 radical (unpaired) electrons. The normalized spacial score (nSPS) is 10.4. The van der Waals surface area contributed by atoms with Crippen LogP contribution < -0.4 is 11.5 Å². The van der Waals surface area contributed by atoms with Crippen molar-refractivity contribution in [3.05, 3.63) is 23.7 Å². The fourth-order valence-corrected chi connectivity index (χ4v) is 0.675. The van der Waals surface area contributed by atoms with Gasteiger partial charge in [0, 0.05) is 0 Å². The van der Waals surface area contributed by atoms with Gasteiger partial charge in [0.25, 0.3) is 0 Å². The molecule has 1 rings (SSSR count). The molecule has 0 aliphatic rings. The lowest BCUT2D eigenvalue weighted by molar-refractivity contribution is 0.528. The zero-order valence-corrected chi connectivity index (χ0v) is 6.69. The lowest BCUT2D eigenvalue weighted by Crippen LogP contribution is -2.21. The van der Waals surface area contributed by atoms with Gasteiger partial charge in [0.15, 0.2) is 0 Å². The molecule has 0 aliphatic carbocycles. The van der Waals surface area contributed by atoms with Crippen molar-refractivity contribution in [2.45, 2.75) is 6.92 Å². The molecular formula is C7H10N4O. The molecule has 0 aliphatic heterocycles. The van der Waals surface area contributed by atoms with Gasteiger partial charge in [0.1, 0.15) is 11.5 Å². The third-order valence-corrected chi connectivity index (χ3v) is 1.12. The van der Waals surface area contributed by atoms with Crippen LogP contribution in [-0.4, -0.2) is 12.2 Å². The van der Waals surface area contributed by atoms with Crippen molar-refractivity contribution in [3.8, 4) is 0 Å². The summed E-state index contributed by atoms with van der Waals surface area (Å²) in [5, 5.41) is 6.98. The zero-order chi connectivity index (χ0) is 8.97. The number of aryl methyl sites for hydroxylation is 1. The van der Waals surface area contributed by atoms with E-state index >= 15 is 0 Å². The maximum atomic E-state index is 5.17. The highest BCUT2D eigenvalue weighted by molar-refractivity contribution is 5.79. The third-order valence-electron chi connectivity index (χ3n) is 1.12. The molecule has 0 spiro atoms. The predicted octanol–water partition coefficient (Wildman–Crippen LogP) is 0.195. The van der Waals surface area contributed by atoms with E-state index in [0.29, 0.717) is 5.76 Å². The molecule has 1 aromatic heterocycles. The van der Waals surface area contributed by atoms with E-state index in [1.54, 1.807) is 6.07 Å². The molecule has 0 atom stereocenters. The van der Waals surface area contributed by atoms with Crippen LogP contribution in [0.1, 0.15) is 11.5 Å². The average Bonchev–Trinajstić information content (AvgIpc) is 2.35. The van der Waals surface area contributed by atoms with Crippen LogP contribution in [0.2, 0.25) is 0 Å². The minimum Gasteiger partial charge on any atom is -0.460 e. The van der Waals surface area contributed by atoms with Crippen LogP contribution in [-0.2, 0) is 0 Å². The Morgan fingerprint density at radius 3 is 2.75 bits per heavy atom. The van der Waals surface area contributed by atoms with Crippen LogP contribution in [0, 0.1) is 6.92 Å². The largest absolute Gasteiger partial charge is 0.460 e. The first-order valence-electron chi connectivity index (χ1n) is 3.37. The summed E-state index contributed by atoms with van der Waals surface area (Å²) >= 11 is 0. The zero-order valence-electron chi connectivity index (χ0n) is 6.69. The van der Waals surface area contributed by atoms with Crippen molar-refractivity contribution in [1.29, 1.82) is 0 Å². The Morgan fingerprint density at radius 2 is 2.25 bits per heavy atom. The number of nitrogens with two attached hydrogens (primary N) is 2. The van der Waals surface area contributed by atoms with Crippen LogP contribution >= 0.6 is 0 Å². The third kappa shape index (κ3) is 2.45. The molecule has 0 amide bonds. The fraction of sp³-hybridized carbons (Fsp3) is 0.143. The first-order valence-corrected chi connectivity index (χ1v) is 3.37. The monoisotopic (exact) mass is 166 g/mol. The Hall–Kier alpha value is -1.78. The van der Waals surface area contributed by atoms with Gasteiger partial charge in [-0.15, -0.1) is 5.10 Å². The highest BCUT2D eigenvalue weighted by Gasteiger charge is 1.91. The van der Waals surface area contributed by atoms with Crippen molar-refractivity contribution >= 4 is 12.2 Å². The van der Waals surface area contributed by atoms with Crippen LogP contribution in [0.15, 0.2) is 26.8 Å². The number of rotatable bonds is 2. The van der Waals surface area contributed by atoms with Crippen LogP contribution in [0.3, 0.4) is 0 Å². The molecule has 5 nitrogen and oxygen atoms in total. The summed E-state index contributed by atoms with van der Waals surface area (Å²) in [4.78, 5) is 0. The fourth-order valence-electron chi connectivity index (χ4n) is 0.675. The molecule has 1 aromatic rings. The second kappa shape index (κ2) is 3.56. The van der Waals surface area contributed by atoms with Gasteiger partial charge in [0.05, 0.1) is 6.21 Å². The molecule has 5 heteroatoms. The molecule has 0 saturated carbocycles. The molecule has 0 aromatic carbocycles. The van der Waals surface area contributed by atoms with Crippen LogP contribution in [0.5, 0.6) is 0 Å². The molecule has 12 heavy (non-hydrogen) atoms. The first kappa shape index (κ1) is 8.32. The number of nitrogens with zero attached hydrogens (tertiary/aromatic N) is 2.